The average Bonchev–Trinajstić information content (AvgIpc) is 3.82. The van der Waals surface area contributed by atoms with Gasteiger partial charge in [-0.1, -0.05) is 97.1 Å². The van der Waals surface area contributed by atoms with Gasteiger partial charge in [0.15, 0.2) is 5.76 Å². The standard InChI is InChI=1S/C43H26N2O2/c1-2-8-27(9-3-1)28-16-20-31(21-17-28)45(33-24-25-39-37(26-33)34-12-4-5-15-38(34)46-39)32-22-18-30(19-23-32)43-44-41-35-13-6-10-29-11-7-14-36(40(29)35)42(41)47-43/h1-26H. The molecule has 0 N–H and O–H groups in total. The first kappa shape index (κ1) is 25.9. The molecular formula is C43H26N2O2. The molecular weight excluding hydrogens is 576 g/mol. The van der Waals surface area contributed by atoms with Gasteiger partial charge in [-0.05, 0) is 77.2 Å². The predicted octanol–water partition coefficient (Wildman–Crippen LogP) is 12.2. The van der Waals surface area contributed by atoms with Crippen LogP contribution in [0.3, 0.4) is 0 Å². The Kier molecular flexibility index (Phi) is 5.54. The van der Waals surface area contributed by atoms with Crippen molar-refractivity contribution in [1.29, 1.82) is 0 Å². The van der Waals surface area contributed by atoms with E-state index >= 15 is 0 Å². The minimum absolute atomic E-state index is 0.623. The lowest BCUT2D eigenvalue weighted by Crippen LogP contribution is -2.09. The van der Waals surface area contributed by atoms with Crippen molar-refractivity contribution in [2.75, 3.05) is 4.90 Å². The molecule has 0 saturated heterocycles. The molecule has 10 rings (SSSR count). The number of furan rings is 1. The quantitative estimate of drug-likeness (QED) is 0.197. The second kappa shape index (κ2) is 10.1. The van der Waals surface area contributed by atoms with Gasteiger partial charge < -0.3 is 13.7 Å². The van der Waals surface area contributed by atoms with Crippen molar-refractivity contribution in [2.45, 2.75) is 0 Å². The fourth-order valence-corrected chi connectivity index (χ4v) is 7.02. The summed E-state index contributed by atoms with van der Waals surface area (Å²) in [5.41, 5.74) is 11.4. The second-order valence-electron chi connectivity index (χ2n) is 12.0. The normalized spacial score (nSPS) is 11.8. The molecule has 2 heterocycles. The molecule has 0 aliphatic heterocycles. The van der Waals surface area contributed by atoms with Crippen molar-refractivity contribution in [2.24, 2.45) is 0 Å². The van der Waals surface area contributed by atoms with Crippen LogP contribution in [0.1, 0.15) is 0 Å². The molecule has 0 spiro atoms. The summed E-state index contributed by atoms with van der Waals surface area (Å²) in [6.45, 7) is 0. The first-order valence-corrected chi connectivity index (χ1v) is 15.8. The molecule has 220 valence electrons. The highest BCUT2D eigenvalue weighted by Crippen LogP contribution is 2.48. The predicted molar refractivity (Wildman–Crippen MR) is 191 cm³/mol. The smallest absolute Gasteiger partial charge is 0.227 e. The topological polar surface area (TPSA) is 42.4 Å². The number of hydrogen-bond donors (Lipinski definition) is 0. The molecule has 0 radical (unpaired) electrons. The molecule has 7 aromatic carbocycles. The van der Waals surface area contributed by atoms with E-state index in [1.165, 1.54) is 21.9 Å². The van der Waals surface area contributed by atoms with Gasteiger partial charge in [0.1, 0.15) is 16.9 Å². The van der Waals surface area contributed by atoms with Gasteiger partial charge in [0, 0.05) is 49.9 Å². The number of hydrogen-bond acceptors (Lipinski definition) is 4. The number of benzene rings is 7. The van der Waals surface area contributed by atoms with Crippen LogP contribution in [0.25, 0.3) is 77.9 Å². The van der Waals surface area contributed by atoms with Crippen LogP contribution >= 0.6 is 0 Å². The van der Waals surface area contributed by atoms with E-state index in [0.717, 1.165) is 67.1 Å². The molecule has 2 aromatic heterocycles. The summed E-state index contributed by atoms with van der Waals surface area (Å²) in [4.78, 5) is 7.28. The highest BCUT2D eigenvalue weighted by atomic mass is 16.4. The van der Waals surface area contributed by atoms with Crippen molar-refractivity contribution in [3.05, 3.63) is 158 Å². The lowest BCUT2D eigenvalue weighted by Gasteiger charge is -2.26. The molecule has 0 bridgehead atoms. The van der Waals surface area contributed by atoms with Crippen molar-refractivity contribution < 1.29 is 8.83 Å². The molecule has 1 aliphatic carbocycles. The van der Waals surface area contributed by atoms with Gasteiger partial charge in [-0.15, -0.1) is 0 Å². The van der Waals surface area contributed by atoms with Crippen LogP contribution in [0.4, 0.5) is 17.1 Å². The first-order chi connectivity index (χ1) is 23.3. The van der Waals surface area contributed by atoms with Crippen molar-refractivity contribution in [1.82, 2.24) is 4.98 Å². The Morgan fingerprint density at radius 1 is 0.447 bits per heavy atom. The Morgan fingerprint density at radius 2 is 1.09 bits per heavy atom. The van der Waals surface area contributed by atoms with Gasteiger partial charge in [-0.2, -0.15) is 0 Å². The maximum Gasteiger partial charge on any atom is 0.227 e. The number of aromatic nitrogens is 1. The van der Waals surface area contributed by atoms with Gasteiger partial charge >= 0.3 is 0 Å². The van der Waals surface area contributed by atoms with E-state index in [1.54, 1.807) is 0 Å². The molecule has 0 fully saturated rings. The van der Waals surface area contributed by atoms with E-state index in [0.29, 0.717) is 5.89 Å². The molecule has 0 amide bonds. The minimum atomic E-state index is 0.623. The third-order valence-electron chi connectivity index (χ3n) is 9.26. The van der Waals surface area contributed by atoms with E-state index in [2.05, 4.69) is 144 Å². The van der Waals surface area contributed by atoms with E-state index in [4.69, 9.17) is 13.8 Å². The third-order valence-corrected chi connectivity index (χ3v) is 9.26. The van der Waals surface area contributed by atoms with E-state index in [1.807, 2.05) is 18.2 Å². The monoisotopic (exact) mass is 602 g/mol. The molecule has 1 aliphatic rings. The van der Waals surface area contributed by atoms with Gasteiger partial charge in [-0.3, -0.25) is 0 Å². The maximum atomic E-state index is 6.45. The Hall–Kier alpha value is -6.39. The minimum Gasteiger partial charge on any atom is -0.456 e. The van der Waals surface area contributed by atoms with Crippen LogP contribution in [0.15, 0.2) is 167 Å². The zero-order valence-electron chi connectivity index (χ0n) is 25.2. The van der Waals surface area contributed by atoms with Crippen molar-refractivity contribution in [3.8, 4) is 45.2 Å². The van der Waals surface area contributed by atoms with Gasteiger partial charge in [0.2, 0.25) is 5.89 Å². The SMILES string of the molecule is c1ccc(-c2ccc(N(c3ccc(-c4nc5c(o4)-c4cccc6cccc-5c46)cc3)c3ccc4oc5ccccc5c4c3)cc2)cc1. The Balaban J connectivity index is 1.07. The molecule has 47 heavy (non-hydrogen) atoms. The third kappa shape index (κ3) is 4.05. The second-order valence-corrected chi connectivity index (χ2v) is 12.0. The van der Waals surface area contributed by atoms with Crippen LogP contribution in [0, 0.1) is 0 Å². The summed E-state index contributed by atoms with van der Waals surface area (Å²) in [5.74, 6) is 1.47. The number of nitrogens with zero attached hydrogens (tertiary/aromatic N) is 2. The number of anilines is 3. The Labute approximate surface area is 270 Å². The largest absolute Gasteiger partial charge is 0.456 e. The van der Waals surface area contributed by atoms with Crippen LogP contribution < -0.4 is 4.90 Å². The Morgan fingerprint density at radius 3 is 1.87 bits per heavy atom. The van der Waals surface area contributed by atoms with Gasteiger partial charge in [-0.25, -0.2) is 4.98 Å². The summed E-state index contributed by atoms with van der Waals surface area (Å²) < 4.78 is 12.6. The fourth-order valence-electron chi connectivity index (χ4n) is 7.02. The summed E-state index contributed by atoms with van der Waals surface area (Å²) in [6.07, 6.45) is 0. The first-order valence-electron chi connectivity index (χ1n) is 15.8. The Bertz CT molecular complexity index is 2560. The fraction of sp³-hybridized carbons (Fsp3) is 0. The number of oxazole rings is 1. The highest BCUT2D eigenvalue weighted by molar-refractivity contribution is 6.13. The van der Waals surface area contributed by atoms with E-state index in [9.17, 15) is 0 Å². The molecule has 0 unspecified atom stereocenters. The maximum absolute atomic E-state index is 6.45. The van der Waals surface area contributed by atoms with Crippen LogP contribution in [-0.2, 0) is 0 Å². The van der Waals surface area contributed by atoms with Gasteiger partial charge in [0.25, 0.3) is 0 Å². The zero-order valence-corrected chi connectivity index (χ0v) is 25.2. The average molecular weight is 603 g/mol. The van der Waals surface area contributed by atoms with Crippen LogP contribution in [0.5, 0.6) is 0 Å². The number of fused-ring (bicyclic) bond motifs is 6. The highest BCUT2D eigenvalue weighted by Gasteiger charge is 2.28. The van der Waals surface area contributed by atoms with E-state index in [-0.39, 0.29) is 0 Å². The lowest BCUT2D eigenvalue weighted by atomic mass is 10.0. The molecule has 0 saturated carbocycles. The van der Waals surface area contributed by atoms with Crippen LogP contribution in [-0.4, -0.2) is 4.98 Å². The zero-order chi connectivity index (χ0) is 30.9. The number of para-hydroxylation sites is 1. The summed E-state index contributed by atoms with van der Waals surface area (Å²) in [6, 6.07) is 55.0. The molecule has 4 heteroatoms. The number of rotatable bonds is 5. The van der Waals surface area contributed by atoms with Crippen molar-refractivity contribution in [3.63, 3.8) is 0 Å². The summed E-state index contributed by atoms with van der Waals surface area (Å²) in [7, 11) is 0. The lowest BCUT2D eigenvalue weighted by molar-refractivity contribution is 0.590. The molecule has 9 aromatic rings. The van der Waals surface area contributed by atoms with Crippen LogP contribution in [0.2, 0.25) is 0 Å². The summed E-state index contributed by atoms with van der Waals surface area (Å²) in [5, 5.41) is 4.62. The van der Waals surface area contributed by atoms with Crippen molar-refractivity contribution >= 4 is 49.8 Å². The van der Waals surface area contributed by atoms with E-state index < -0.39 is 0 Å². The van der Waals surface area contributed by atoms with Gasteiger partial charge in [0.05, 0.1) is 0 Å². The molecule has 0 atom stereocenters. The molecule has 4 nitrogen and oxygen atoms in total. The summed E-state index contributed by atoms with van der Waals surface area (Å²) >= 11 is 0.